The molecule has 0 radical (unpaired) electrons. The number of rotatable bonds is 6. The third kappa shape index (κ3) is 4.94. The Morgan fingerprint density at radius 1 is 1.35 bits per heavy atom. The molecule has 1 aromatic carbocycles. The van der Waals surface area contributed by atoms with E-state index in [-0.39, 0.29) is 12.1 Å². The van der Waals surface area contributed by atoms with Crippen molar-refractivity contribution in [3.63, 3.8) is 0 Å². The molecule has 0 saturated carbocycles. The van der Waals surface area contributed by atoms with E-state index in [1.165, 1.54) is 5.56 Å². The van der Waals surface area contributed by atoms with E-state index < -0.39 is 6.04 Å². The van der Waals surface area contributed by atoms with Gasteiger partial charge in [0.1, 0.15) is 12.6 Å². The third-order valence-corrected chi connectivity index (χ3v) is 3.58. The number of ether oxygens (including phenoxy) is 2. The second-order valence-corrected chi connectivity index (χ2v) is 5.25. The number of nitrogens with two attached hydrogens (primary N) is 1. The van der Waals surface area contributed by atoms with E-state index in [1.54, 1.807) is 0 Å². The van der Waals surface area contributed by atoms with E-state index >= 15 is 0 Å². The smallest absolute Gasteiger partial charge is 0.323 e. The van der Waals surface area contributed by atoms with Gasteiger partial charge in [0, 0.05) is 6.61 Å². The maximum absolute atomic E-state index is 11.8. The second-order valence-electron chi connectivity index (χ2n) is 5.25. The minimum absolute atomic E-state index is 0.0500. The summed E-state index contributed by atoms with van der Waals surface area (Å²) in [5, 5.41) is 0. The molecule has 1 heterocycles. The fourth-order valence-electron chi connectivity index (χ4n) is 2.31. The molecule has 1 aliphatic rings. The summed E-state index contributed by atoms with van der Waals surface area (Å²) >= 11 is 0. The molecule has 4 heteroatoms. The van der Waals surface area contributed by atoms with Crippen molar-refractivity contribution in [3.05, 3.63) is 35.9 Å². The van der Waals surface area contributed by atoms with Crippen LogP contribution in [0.1, 0.15) is 31.2 Å². The van der Waals surface area contributed by atoms with Crippen LogP contribution in [0.4, 0.5) is 0 Å². The van der Waals surface area contributed by atoms with Crippen molar-refractivity contribution in [2.45, 2.75) is 44.2 Å². The van der Waals surface area contributed by atoms with Gasteiger partial charge in [0.2, 0.25) is 0 Å². The van der Waals surface area contributed by atoms with Crippen molar-refractivity contribution in [2.75, 3.05) is 13.2 Å². The van der Waals surface area contributed by atoms with Crippen LogP contribution in [0.5, 0.6) is 0 Å². The van der Waals surface area contributed by atoms with Gasteiger partial charge in [-0.15, -0.1) is 0 Å². The van der Waals surface area contributed by atoms with Gasteiger partial charge in [-0.25, -0.2) is 0 Å². The van der Waals surface area contributed by atoms with Gasteiger partial charge in [0.05, 0.1) is 6.10 Å². The molecule has 2 atom stereocenters. The lowest BCUT2D eigenvalue weighted by molar-refractivity contribution is -0.150. The molecule has 1 aliphatic heterocycles. The predicted molar refractivity (Wildman–Crippen MR) is 77.3 cm³/mol. The third-order valence-electron chi connectivity index (χ3n) is 3.58. The van der Waals surface area contributed by atoms with Crippen molar-refractivity contribution in [3.8, 4) is 0 Å². The minimum Gasteiger partial charge on any atom is -0.462 e. The van der Waals surface area contributed by atoms with Crippen molar-refractivity contribution in [1.82, 2.24) is 0 Å². The van der Waals surface area contributed by atoms with Crippen LogP contribution in [-0.4, -0.2) is 31.3 Å². The Kier molecular flexibility index (Phi) is 6.02. The zero-order valence-electron chi connectivity index (χ0n) is 11.8. The molecule has 4 nitrogen and oxygen atoms in total. The Morgan fingerprint density at radius 2 is 2.15 bits per heavy atom. The van der Waals surface area contributed by atoms with Gasteiger partial charge in [-0.2, -0.15) is 0 Å². The first-order chi connectivity index (χ1) is 9.75. The van der Waals surface area contributed by atoms with E-state index in [0.29, 0.717) is 13.0 Å². The summed E-state index contributed by atoms with van der Waals surface area (Å²) < 4.78 is 10.8. The summed E-state index contributed by atoms with van der Waals surface area (Å²) in [6.07, 6.45) is 4.65. The fraction of sp³-hybridized carbons (Fsp3) is 0.562. The Bertz CT molecular complexity index is 401. The van der Waals surface area contributed by atoms with Crippen molar-refractivity contribution < 1.29 is 14.3 Å². The lowest BCUT2D eigenvalue weighted by atomic mass is 10.1. The SMILES string of the molecule is N[C@@H](CCc1ccccc1)C(=O)OCC1CCCCO1. The molecule has 0 aromatic heterocycles. The Labute approximate surface area is 120 Å². The highest BCUT2D eigenvalue weighted by molar-refractivity contribution is 5.75. The van der Waals surface area contributed by atoms with Crippen LogP contribution in [0.25, 0.3) is 0 Å². The average Bonchev–Trinajstić information content (AvgIpc) is 2.52. The van der Waals surface area contributed by atoms with Crippen LogP contribution in [0, 0.1) is 0 Å². The van der Waals surface area contributed by atoms with Crippen LogP contribution < -0.4 is 5.73 Å². The van der Waals surface area contributed by atoms with Crippen LogP contribution in [0.15, 0.2) is 30.3 Å². The van der Waals surface area contributed by atoms with Gasteiger partial charge in [-0.1, -0.05) is 30.3 Å². The van der Waals surface area contributed by atoms with Crippen molar-refractivity contribution in [1.29, 1.82) is 0 Å². The molecule has 2 N–H and O–H groups in total. The monoisotopic (exact) mass is 277 g/mol. The first-order valence-electron chi connectivity index (χ1n) is 7.33. The Balaban J connectivity index is 1.66. The number of aryl methyl sites for hydroxylation is 1. The highest BCUT2D eigenvalue weighted by atomic mass is 16.6. The second kappa shape index (κ2) is 8.02. The zero-order chi connectivity index (χ0) is 14.2. The maximum Gasteiger partial charge on any atom is 0.323 e. The van der Waals surface area contributed by atoms with E-state index in [0.717, 1.165) is 32.3 Å². The lowest BCUT2D eigenvalue weighted by Crippen LogP contribution is -2.35. The van der Waals surface area contributed by atoms with Gasteiger partial charge in [0.25, 0.3) is 0 Å². The van der Waals surface area contributed by atoms with Gasteiger partial charge >= 0.3 is 5.97 Å². The number of carbonyl (C=O) groups is 1. The molecule has 110 valence electrons. The van der Waals surface area contributed by atoms with E-state index in [4.69, 9.17) is 15.2 Å². The Morgan fingerprint density at radius 3 is 2.85 bits per heavy atom. The molecule has 2 rings (SSSR count). The number of hydrogen-bond acceptors (Lipinski definition) is 4. The summed E-state index contributed by atoms with van der Waals surface area (Å²) in [6.45, 7) is 1.10. The first-order valence-corrected chi connectivity index (χ1v) is 7.33. The largest absolute Gasteiger partial charge is 0.462 e. The topological polar surface area (TPSA) is 61.6 Å². The molecular formula is C16H23NO3. The molecular weight excluding hydrogens is 254 g/mol. The summed E-state index contributed by atoms with van der Waals surface area (Å²) in [5.74, 6) is -0.324. The molecule has 20 heavy (non-hydrogen) atoms. The molecule has 1 aromatic rings. The number of hydrogen-bond donors (Lipinski definition) is 1. The van der Waals surface area contributed by atoms with Gasteiger partial charge < -0.3 is 15.2 Å². The van der Waals surface area contributed by atoms with E-state index in [2.05, 4.69) is 0 Å². The fourth-order valence-corrected chi connectivity index (χ4v) is 2.31. The standard InChI is InChI=1S/C16H23NO3/c17-15(10-9-13-6-2-1-3-7-13)16(18)20-12-14-8-4-5-11-19-14/h1-3,6-7,14-15H,4-5,8-12,17H2/t14?,15-/m0/s1. The van der Waals surface area contributed by atoms with Gasteiger partial charge in [0.15, 0.2) is 0 Å². The molecule has 0 amide bonds. The predicted octanol–water partition coefficient (Wildman–Crippen LogP) is 2.06. The van der Waals surface area contributed by atoms with Crippen LogP contribution >= 0.6 is 0 Å². The minimum atomic E-state index is -0.557. The van der Waals surface area contributed by atoms with Crippen molar-refractivity contribution in [2.24, 2.45) is 5.73 Å². The summed E-state index contributed by atoms with van der Waals surface area (Å²) in [5.41, 5.74) is 7.05. The number of carbonyl (C=O) groups excluding carboxylic acids is 1. The quantitative estimate of drug-likeness (QED) is 0.808. The van der Waals surface area contributed by atoms with Crippen LogP contribution in [-0.2, 0) is 20.7 Å². The molecule has 0 bridgehead atoms. The Hall–Kier alpha value is -1.39. The average molecular weight is 277 g/mol. The normalized spacial score (nSPS) is 20.4. The molecule has 0 aliphatic carbocycles. The lowest BCUT2D eigenvalue weighted by Gasteiger charge is -2.22. The van der Waals surface area contributed by atoms with Crippen molar-refractivity contribution >= 4 is 5.97 Å². The highest BCUT2D eigenvalue weighted by Gasteiger charge is 2.19. The first kappa shape index (κ1) is 15.0. The summed E-state index contributed by atoms with van der Waals surface area (Å²) in [6, 6.07) is 9.46. The van der Waals surface area contributed by atoms with E-state index in [1.807, 2.05) is 30.3 Å². The number of benzene rings is 1. The maximum atomic E-state index is 11.8. The summed E-state index contributed by atoms with van der Waals surface area (Å²) in [7, 11) is 0. The van der Waals surface area contributed by atoms with Crippen LogP contribution in [0.3, 0.4) is 0 Å². The highest BCUT2D eigenvalue weighted by Crippen LogP contribution is 2.13. The van der Waals surface area contributed by atoms with Gasteiger partial charge in [-0.3, -0.25) is 4.79 Å². The van der Waals surface area contributed by atoms with Crippen LogP contribution in [0.2, 0.25) is 0 Å². The molecule has 1 fully saturated rings. The molecule has 1 saturated heterocycles. The summed E-state index contributed by atoms with van der Waals surface area (Å²) in [4.78, 5) is 11.8. The molecule has 0 spiro atoms. The zero-order valence-corrected chi connectivity index (χ0v) is 11.8. The van der Waals surface area contributed by atoms with Gasteiger partial charge in [-0.05, 0) is 37.7 Å². The number of esters is 1. The van der Waals surface area contributed by atoms with E-state index in [9.17, 15) is 4.79 Å². The molecule has 1 unspecified atom stereocenters.